The molecule has 0 aromatic heterocycles. The third kappa shape index (κ3) is 2.13. The van der Waals surface area contributed by atoms with Gasteiger partial charge in [-0.1, -0.05) is 6.92 Å². The maximum atomic E-state index is 11.5. The van der Waals surface area contributed by atoms with Gasteiger partial charge >= 0.3 is 6.21 Å². The fraction of sp³-hybridized carbons (Fsp3) is 0.778. The number of aliphatic hydroxyl groups excluding tert-OH is 2. The van der Waals surface area contributed by atoms with Gasteiger partial charge in [-0.3, -0.25) is 4.79 Å². The van der Waals surface area contributed by atoms with E-state index in [-0.39, 0.29) is 25.7 Å². The minimum absolute atomic E-state index is 0.216. The summed E-state index contributed by atoms with van der Waals surface area (Å²) in [5.74, 6) is -1.18. The number of hydrogen-bond acceptors (Lipinski definition) is 4. The van der Waals surface area contributed by atoms with Crippen LogP contribution in [-0.2, 0) is 9.53 Å². The molecule has 0 spiro atoms. The molecule has 0 aromatic rings. The van der Waals surface area contributed by atoms with Gasteiger partial charge in [-0.15, -0.1) is 0 Å². The summed E-state index contributed by atoms with van der Waals surface area (Å²) in [6, 6.07) is 0. The quantitative estimate of drug-likeness (QED) is 0.252. The van der Waals surface area contributed by atoms with Crippen LogP contribution >= 0.6 is 0 Å². The van der Waals surface area contributed by atoms with Crippen molar-refractivity contribution in [3.05, 3.63) is 5.53 Å². The van der Waals surface area contributed by atoms with E-state index in [1.54, 1.807) is 6.92 Å². The lowest BCUT2D eigenvalue weighted by molar-refractivity contribution is -0.123. The summed E-state index contributed by atoms with van der Waals surface area (Å²) in [6.07, 6.45) is 0.787. The lowest BCUT2D eigenvalue weighted by Crippen LogP contribution is -2.40. The second-order valence-corrected chi connectivity index (χ2v) is 3.70. The first-order chi connectivity index (χ1) is 7.12. The molecule has 1 saturated heterocycles. The van der Waals surface area contributed by atoms with Gasteiger partial charge in [0, 0.05) is 25.0 Å². The van der Waals surface area contributed by atoms with E-state index in [2.05, 4.69) is 4.79 Å². The highest BCUT2D eigenvalue weighted by Crippen LogP contribution is 2.39. The Kier molecular flexibility index (Phi) is 3.71. The Bertz CT molecular complexity index is 290. The van der Waals surface area contributed by atoms with Crippen LogP contribution in [0.4, 0.5) is 0 Å². The molecule has 1 fully saturated rings. The number of ether oxygens (including phenoxy) is 1. The van der Waals surface area contributed by atoms with E-state index >= 15 is 0 Å². The second-order valence-electron chi connectivity index (χ2n) is 3.70. The van der Waals surface area contributed by atoms with Gasteiger partial charge < -0.3 is 20.5 Å². The predicted octanol–water partition coefficient (Wildman–Crippen LogP) is -1.14. The van der Waals surface area contributed by atoms with Crippen molar-refractivity contribution in [2.75, 3.05) is 19.8 Å². The zero-order chi connectivity index (χ0) is 11.5. The van der Waals surface area contributed by atoms with Crippen molar-refractivity contribution in [3.8, 4) is 0 Å². The standard InChI is InChI=1S/C9H14N2O4/c1-6(7(3-12)4-13)9(5-15-9)8(14)2-11-10/h2,6-7,12-13H,3-5H2,1H3/t6-,9-/m1/s1. The minimum atomic E-state index is -1.03. The fourth-order valence-corrected chi connectivity index (χ4v) is 1.62. The molecule has 1 rings (SSSR count). The van der Waals surface area contributed by atoms with Crippen molar-refractivity contribution < 1.29 is 24.5 Å². The van der Waals surface area contributed by atoms with E-state index in [0.717, 1.165) is 6.21 Å². The lowest BCUT2D eigenvalue weighted by Gasteiger charge is -2.23. The molecule has 2 N–H and O–H groups in total. The van der Waals surface area contributed by atoms with E-state index in [0.29, 0.717) is 0 Å². The van der Waals surface area contributed by atoms with E-state index in [1.807, 2.05) is 0 Å². The normalized spacial score (nSPS) is 25.9. The molecule has 0 radical (unpaired) electrons. The molecule has 0 amide bonds. The van der Waals surface area contributed by atoms with Crippen molar-refractivity contribution in [1.82, 2.24) is 0 Å². The zero-order valence-corrected chi connectivity index (χ0v) is 8.46. The number of carbonyl (C=O) groups excluding carboxylic acids is 1. The van der Waals surface area contributed by atoms with Crippen LogP contribution in [0.1, 0.15) is 6.92 Å². The fourth-order valence-electron chi connectivity index (χ4n) is 1.62. The number of ketones is 1. The van der Waals surface area contributed by atoms with Gasteiger partial charge in [-0.25, -0.2) is 0 Å². The third-order valence-corrected chi connectivity index (χ3v) is 2.96. The second kappa shape index (κ2) is 4.63. The third-order valence-electron chi connectivity index (χ3n) is 2.96. The highest BCUT2D eigenvalue weighted by molar-refractivity contribution is 6.30. The van der Waals surface area contributed by atoms with E-state index in [1.165, 1.54) is 0 Å². The topological polar surface area (TPSA) is 106 Å². The average molecular weight is 214 g/mol. The number of rotatable bonds is 6. The first-order valence-electron chi connectivity index (χ1n) is 4.70. The van der Waals surface area contributed by atoms with Crippen LogP contribution in [0.3, 0.4) is 0 Å². The monoisotopic (exact) mass is 214 g/mol. The molecule has 6 nitrogen and oxygen atoms in total. The van der Waals surface area contributed by atoms with Gasteiger partial charge in [0.2, 0.25) is 0 Å². The summed E-state index contributed by atoms with van der Waals surface area (Å²) in [5.41, 5.74) is 7.23. The number of epoxide rings is 1. The summed E-state index contributed by atoms with van der Waals surface area (Å²) in [5, 5.41) is 18.0. The summed E-state index contributed by atoms with van der Waals surface area (Å²) in [7, 11) is 0. The van der Waals surface area contributed by atoms with Crippen LogP contribution < -0.4 is 0 Å². The van der Waals surface area contributed by atoms with Gasteiger partial charge in [0.15, 0.2) is 5.60 Å². The van der Waals surface area contributed by atoms with Gasteiger partial charge in [-0.2, -0.15) is 4.79 Å². The molecule has 0 saturated carbocycles. The molecule has 1 heterocycles. The molecule has 0 bridgehead atoms. The molecule has 0 unspecified atom stereocenters. The first-order valence-corrected chi connectivity index (χ1v) is 4.70. The molecule has 2 atom stereocenters. The van der Waals surface area contributed by atoms with Crippen LogP contribution in [0.5, 0.6) is 0 Å². The Labute approximate surface area is 87.1 Å². The predicted molar refractivity (Wildman–Crippen MR) is 50.2 cm³/mol. The molecular formula is C9H14N2O4. The molecule has 1 aliphatic rings. The summed E-state index contributed by atoms with van der Waals surface area (Å²) < 4.78 is 5.08. The van der Waals surface area contributed by atoms with Crippen LogP contribution in [0, 0.1) is 11.8 Å². The number of nitrogens with zero attached hydrogens (tertiary/aromatic N) is 2. The Hall–Kier alpha value is -1.07. The number of hydrogen-bond donors (Lipinski definition) is 2. The van der Waals surface area contributed by atoms with Crippen LogP contribution in [0.15, 0.2) is 0 Å². The van der Waals surface area contributed by atoms with E-state index < -0.39 is 17.3 Å². The Balaban J connectivity index is 2.77. The van der Waals surface area contributed by atoms with Gasteiger partial charge in [0.05, 0.1) is 6.61 Å². The summed E-state index contributed by atoms with van der Waals surface area (Å²) in [6.45, 7) is 1.52. The maximum Gasteiger partial charge on any atom is 0.326 e. The van der Waals surface area contributed by atoms with Crippen LogP contribution in [-0.4, -0.2) is 52.4 Å². The SMILES string of the molecule is C[C@H](C(CO)CO)[C@@]1(C(=O)C=[N+]=[N-])CO1. The minimum Gasteiger partial charge on any atom is -0.396 e. The number of aliphatic hydroxyl groups is 2. The number of carbonyl (C=O) groups is 1. The molecule has 0 aromatic carbocycles. The molecule has 15 heavy (non-hydrogen) atoms. The highest BCUT2D eigenvalue weighted by Gasteiger charge is 2.58. The highest BCUT2D eigenvalue weighted by atomic mass is 16.6. The Morgan fingerprint density at radius 2 is 2.20 bits per heavy atom. The van der Waals surface area contributed by atoms with Gasteiger partial charge in [0.25, 0.3) is 5.78 Å². The van der Waals surface area contributed by atoms with Crippen molar-refractivity contribution in [3.63, 3.8) is 0 Å². The van der Waals surface area contributed by atoms with Crippen molar-refractivity contribution in [2.24, 2.45) is 11.8 Å². The molecule has 6 heteroatoms. The summed E-state index contributed by atoms with van der Waals surface area (Å²) >= 11 is 0. The van der Waals surface area contributed by atoms with Gasteiger partial charge in [0.1, 0.15) is 0 Å². The molecule has 0 aliphatic carbocycles. The smallest absolute Gasteiger partial charge is 0.326 e. The number of Topliss-reactive ketones (excluding diaryl/α,β-unsaturated/α-hetero) is 1. The molecule has 84 valence electrons. The van der Waals surface area contributed by atoms with Crippen LogP contribution in [0.2, 0.25) is 0 Å². The van der Waals surface area contributed by atoms with Crippen molar-refractivity contribution >= 4 is 12.0 Å². The zero-order valence-electron chi connectivity index (χ0n) is 8.46. The molecule has 1 aliphatic heterocycles. The first kappa shape index (κ1) is 12.0. The van der Waals surface area contributed by atoms with E-state index in [4.69, 9.17) is 20.5 Å². The van der Waals surface area contributed by atoms with E-state index in [9.17, 15) is 4.79 Å². The van der Waals surface area contributed by atoms with Crippen molar-refractivity contribution in [2.45, 2.75) is 12.5 Å². The average Bonchev–Trinajstić information content (AvgIpc) is 3.00. The molecular weight excluding hydrogens is 200 g/mol. The van der Waals surface area contributed by atoms with Gasteiger partial charge in [-0.05, 0) is 0 Å². The Morgan fingerprint density at radius 1 is 1.67 bits per heavy atom. The summed E-state index contributed by atoms with van der Waals surface area (Å²) in [4.78, 5) is 14.2. The lowest BCUT2D eigenvalue weighted by atomic mass is 9.81. The van der Waals surface area contributed by atoms with Crippen molar-refractivity contribution in [1.29, 1.82) is 0 Å². The van der Waals surface area contributed by atoms with Crippen LogP contribution in [0.25, 0.3) is 5.53 Å². The Morgan fingerprint density at radius 3 is 2.53 bits per heavy atom. The largest absolute Gasteiger partial charge is 0.396 e. The maximum absolute atomic E-state index is 11.5.